The van der Waals surface area contributed by atoms with E-state index in [1.54, 1.807) is 0 Å². The van der Waals surface area contributed by atoms with Gasteiger partial charge in [0.15, 0.2) is 6.29 Å². The summed E-state index contributed by atoms with van der Waals surface area (Å²) < 4.78 is 38.9. The summed E-state index contributed by atoms with van der Waals surface area (Å²) in [5.74, 6) is 0. The number of nitrogens with zero attached hydrogens (tertiary/aromatic N) is 2. The molecule has 0 atom stereocenters. The van der Waals surface area contributed by atoms with Gasteiger partial charge in [-0.3, -0.25) is 13.7 Å². The summed E-state index contributed by atoms with van der Waals surface area (Å²) >= 11 is 11.8. The molecule has 0 aliphatic heterocycles. The Labute approximate surface area is 187 Å². The summed E-state index contributed by atoms with van der Waals surface area (Å²) in [7, 11) is -9.52. The van der Waals surface area contributed by atoms with Crippen molar-refractivity contribution < 1.29 is 27.6 Å². The van der Waals surface area contributed by atoms with E-state index in [9.17, 15) is 32.8 Å². The second-order valence-electron chi connectivity index (χ2n) is 6.39. The van der Waals surface area contributed by atoms with Crippen LogP contribution in [0.4, 0.5) is 5.69 Å². The van der Waals surface area contributed by atoms with Crippen LogP contribution in [-0.4, -0.2) is 30.8 Å². The quantitative estimate of drug-likeness (QED) is 0.384. The fourth-order valence-electron chi connectivity index (χ4n) is 3.06. The molecule has 31 heavy (non-hydrogen) atoms. The number of sulfonamides is 1. The van der Waals surface area contributed by atoms with Crippen LogP contribution in [0, 0.1) is 11.3 Å². The third kappa shape index (κ3) is 4.75. The summed E-state index contributed by atoms with van der Waals surface area (Å²) in [4.78, 5) is 30.6. The molecule has 0 saturated carbocycles. The molecule has 3 aromatic carbocycles. The summed E-state index contributed by atoms with van der Waals surface area (Å²) in [6.45, 7) is 0. The molecular weight excluding hydrogens is 486 g/mol. The minimum absolute atomic E-state index is 0.00464. The first-order valence-electron chi connectivity index (χ1n) is 8.42. The molecule has 8 nitrogen and oxygen atoms in total. The number of nitriles is 1. The SMILES string of the molecule is N#Cc1cccc2c(C=O)c(N(CP(=O)(O)O)S(=O)(=O)c3cc(Cl)cc(Cl)c3)ccc12. The van der Waals surface area contributed by atoms with Crippen molar-refractivity contribution in [2.75, 3.05) is 10.6 Å². The summed E-state index contributed by atoms with van der Waals surface area (Å²) in [6.07, 6.45) is -0.865. The third-order valence-corrected chi connectivity index (χ3v) is 7.34. The number of carbonyl (C=O) groups is 1. The molecule has 0 saturated heterocycles. The zero-order chi connectivity index (χ0) is 23.0. The monoisotopic (exact) mass is 498 g/mol. The molecule has 2 N–H and O–H groups in total. The van der Waals surface area contributed by atoms with Crippen LogP contribution in [0.2, 0.25) is 10.0 Å². The van der Waals surface area contributed by atoms with Gasteiger partial charge in [0.2, 0.25) is 0 Å². The van der Waals surface area contributed by atoms with E-state index in [0.717, 1.165) is 12.1 Å². The highest BCUT2D eigenvalue weighted by atomic mass is 35.5. The average molecular weight is 499 g/mol. The van der Waals surface area contributed by atoms with Crippen molar-refractivity contribution in [3.63, 3.8) is 0 Å². The standard InChI is InChI=1S/C19H13Cl2N2O6PS/c20-13-6-14(21)8-15(7-13)31(28,29)23(11-30(25,26)27)19-5-4-16-12(9-22)2-1-3-17(16)18(19)10-24/h1-8,10H,11H2,(H2,25,26,27). The van der Waals surface area contributed by atoms with Crippen LogP contribution in [0.3, 0.4) is 0 Å². The Bertz CT molecular complexity index is 1380. The molecule has 12 heteroatoms. The van der Waals surface area contributed by atoms with E-state index in [1.807, 2.05) is 6.07 Å². The number of hydrogen-bond acceptors (Lipinski definition) is 5. The van der Waals surface area contributed by atoms with Gasteiger partial charge in [0.25, 0.3) is 10.0 Å². The number of hydrogen-bond donors (Lipinski definition) is 2. The maximum Gasteiger partial charge on any atom is 0.345 e. The van der Waals surface area contributed by atoms with Gasteiger partial charge in [0, 0.05) is 21.0 Å². The molecule has 0 aromatic heterocycles. The molecule has 0 aliphatic carbocycles. The maximum absolute atomic E-state index is 13.3. The highest BCUT2D eigenvalue weighted by Crippen LogP contribution is 2.42. The van der Waals surface area contributed by atoms with Gasteiger partial charge >= 0.3 is 7.60 Å². The van der Waals surface area contributed by atoms with Crippen molar-refractivity contribution in [1.82, 2.24) is 0 Å². The van der Waals surface area contributed by atoms with E-state index in [0.29, 0.717) is 16.0 Å². The summed E-state index contributed by atoms with van der Waals surface area (Å²) in [5.41, 5.74) is -0.171. The third-order valence-electron chi connectivity index (χ3n) is 4.32. The van der Waals surface area contributed by atoms with Gasteiger partial charge in [0.1, 0.15) is 6.29 Å². The molecule has 0 radical (unpaired) electrons. The van der Waals surface area contributed by atoms with Gasteiger partial charge in [0.05, 0.1) is 22.2 Å². The Kier molecular flexibility index (Phi) is 6.44. The fraction of sp³-hybridized carbons (Fsp3) is 0.0526. The lowest BCUT2D eigenvalue weighted by molar-refractivity contribution is 0.112. The van der Waals surface area contributed by atoms with Crippen molar-refractivity contribution in [2.24, 2.45) is 0 Å². The largest absolute Gasteiger partial charge is 0.345 e. The van der Waals surface area contributed by atoms with Crippen molar-refractivity contribution >= 4 is 63.6 Å². The molecule has 0 fully saturated rings. The van der Waals surface area contributed by atoms with Crippen molar-refractivity contribution in [3.05, 3.63) is 69.7 Å². The Hall–Kier alpha value is -2.44. The Balaban J connectivity index is 2.34. The second kappa shape index (κ2) is 8.60. The van der Waals surface area contributed by atoms with Gasteiger partial charge in [-0.05, 0) is 35.7 Å². The minimum Gasteiger partial charge on any atom is -0.323 e. The normalized spacial score (nSPS) is 11.8. The van der Waals surface area contributed by atoms with E-state index in [2.05, 4.69) is 0 Å². The topological polar surface area (TPSA) is 136 Å². The first-order chi connectivity index (χ1) is 14.5. The number of benzene rings is 3. The zero-order valence-electron chi connectivity index (χ0n) is 15.4. The molecule has 3 aromatic rings. The van der Waals surface area contributed by atoms with E-state index in [1.165, 1.54) is 36.4 Å². The maximum atomic E-state index is 13.3. The van der Waals surface area contributed by atoms with Crippen molar-refractivity contribution in [2.45, 2.75) is 4.90 Å². The van der Waals surface area contributed by atoms with E-state index in [4.69, 9.17) is 23.2 Å². The number of aldehydes is 1. The summed E-state index contributed by atoms with van der Waals surface area (Å²) in [5, 5.41) is 9.91. The van der Waals surface area contributed by atoms with Gasteiger partial charge < -0.3 is 9.79 Å². The lowest BCUT2D eigenvalue weighted by atomic mass is 10.00. The van der Waals surface area contributed by atoms with Crippen LogP contribution < -0.4 is 4.31 Å². The van der Waals surface area contributed by atoms with Gasteiger partial charge in [-0.2, -0.15) is 5.26 Å². The lowest BCUT2D eigenvalue weighted by Crippen LogP contribution is -2.33. The smallest absolute Gasteiger partial charge is 0.323 e. The van der Waals surface area contributed by atoms with Crippen molar-refractivity contribution in [1.29, 1.82) is 5.26 Å². The van der Waals surface area contributed by atoms with Crippen LogP contribution in [0.1, 0.15) is 15.9 Å². The first kappa shape index (κ1) is 23.2. The molecule has 0 aliphatic rings. The van der Waals surface area contributed by atoms with Gasteiger partial charge in [-0.15, -0.1) is 0 Å². The van der Waals surface area contributed by atoms with Gasteiger partial charge in [-0.25, -0.2) is 8.42 Å². The molecule has 0 heterocycles. The summed E-state index contributed by atoms with van der Waals surface area (Å²) in [6, 6.07) is 12.6. The number of fused-ring (bicyclic) bond motifs is 1. The molecule has 0 bridgehead atoms. The van der Waals surface area contributed by atoms with Crippen LogP contribution >= 0.6 is 30.8 Å². The molecule has 0 unspecified atom stereocenters. The number of rotatable bonds is 6. The van der Waals surface area contributed by atoms with E-state index < -0.39 is 28.8 Å². The molecule has 0 spiro atoms. The van der Waals surface area contributed by atoms with E-state index >= 15 is 0 Å². The predicted molar refractivity (Wildman–Crippen MR) is 117 cm³/mol. The molecule has 160 valence electrons. The Morgan fingerprint density at radius 3 is 2.26 bits per heavy atom. The lowest BCUT2D eigenvalue weighted by Gasteiger charge is -2.26. The predicted octanol–water partition coefficient (Wildman–Crippen LogP) is 4.16. The highest BCUT2D eigenvalue weighted by Gasteiger charge is 2.33. The fourth-order valence-corrected chi connectivity index (χ4v) is 6.49. The minimum atomic E-state index is -4.92. The Morgan fingerprint density at radius 1 is 1.06 bits per heavy atom. The molecular formula is C19H13Cl2N2O6PS. The zero-order valence-corrected chi connectivity index (χ0v) is 18.7. The number of halogens is 2. The van der Waals surface area contributed by atoms with Crippen LogP contribution in [-0.2, 0) is 14.6 Å². The Morgan fingerprint density at radius 2 is 1.71 bits per heavy atom. The number of anilines is 1. The van der Waals surface area contributed by atoms with Gasteiger partial charge in [-0.1, -0.05) is 41.4 Å². The number of carbonyl (C=O) groups excluding carboxylic acids is 1. The first-order valence-corrected chi connectivity index (χ1v) is 12.4. The average Bonchev–Trinajstić information content (AvgIpc) is 2.69. The molecule has 0 amide bonds. The van der Waals surface area contributed by atoms with Crippen LogP contribution in [0.25, 0.3) is 10.8 Å². The van der Waals surface area contributed by atoms with E-state index in [-0.39, 0.29) is 32.2 Å². The molecule has 3 rings (SSSR count). The van der Waals surface area contributed by atoms with Crippen LogP contribution in [0.5, 0.6) is 0 Å². The van der Waals surface area contributed by atoms with Crippen LogP contribution in [0.15, 0.2) is 53.4 Å². The second-order valence-corrected chi connectivity index (χ2v) is 10.7. The van der Waals surface area contributed by atoms with Crippen molar-refractivity contribution in [3.8, 4) is 6.07 Å². The highest BCUT2D eigenvalue weighted by molar-refractivity contribution is 7.93.